The van der Waals surface area contributed by atoms with Gasteiger partial charge in [0.05, 0.1) is 24.0 Å². The van der Waals surface area contributed by atoms with E-state index in [1.807, 2.05) is 18.2 Å². The van der Waals surface area contributed by atoms with Crippen LogP contribution >= 0.6 is 0 Å². The van der Waals surface area contributed by atoms with Crippen LogP contribution in [0.4, 0.5) is 0 Å². The number of benzene rings is 1. The highest BCUT2D eigenvalue weighted by Gasteiger charge is 2.27. The minimum atomic E-state index is -0.518. The number of aromatic nitrogens is 5. The Bertz CT molecular complexity index is 945. The van der Waals surface area contributed by atoms with Gasteiger partial charge in [-0.3, -0.25) is 9.59 Å². The highest BCUT2D eigenvalue weighted by molar-refractivity contribution is 5.97. The van der Waals surface area contributed by atoms with Crippen LogP contribution in [0.25, 0.3) is 5.69 Å². The van der Waals surface area contributed by atoms with Crippen molar-refractivity contribution in [3.05, 3.63) is 60.2 Å². The SMILES string of the molecule is NC(=O)c1cnc2n1CCN(C(=O)c1ccccc1-n1cncn1)C2. The molecule has 1 aliphatic rings. The molecular formula is C16H15N7O2. The van der Waals surface area contributed by atoms with Crippen LogP contribution in [0.1, 0.15) is 26.7 Å². The van der Waals surface area contributed by atoms with Gasteiger partial charge in [0, 0.05) is 13.1 Å². The molecule has 25 heavy (non-hydrogen) atoms. The molecule has 0 bridgehead atoms. The van der Waals surface area contributed by atoms with Gasteiger partial charge in [0.2, 0.25) is 0 Å². The maximum atomic E-state index is 13.0. The predicted molar refractivity (Wildman–Crippen MR) is 86.8 cm³/mol. The standard InChI is InChI=1S/C16H15N7O2/c17-15(24)13-7-19-14-8-21(5-6-22(13)14)16(25)11-3-1-2-4-12(11)23-10-18-9-20-23/h1-4,7,9-10H,5-6,8H2,(H2,17,24). The number of hydrogen-bond acceptors (Lipinski definition) is 5. The van der Waals surface area contributed by atoms with Crippen LogP contribution in [0, 0.1) is 0 Å². The van der Waals surface area contributed by atoms with Gasteiger partial charge < -0.3 is 15.2 Å². The normalized spacial score (nSPS) is 13.5. The molecule has 3 aromatic rings. The van der Waals surface area contributed by atoms with E-state index >= 15 is 0 Å². The van der Waals surface area contributed by atoms with Gasteiger partial charge in [-0.05, 0) is 12.1 Å². The molecule has 9 nitrogen and oxygen atoms in total. The largest absolute Gasteiger partial charge is 0.364 e. The second-order valence-corrected chi connectivity index (χ2v) is 5.66. The molecule has 4 rings (SSSR count). The van der Waals surface area contributed by atoms with Crippen molar-refractivity contribution < 1.29 is 9.59 Å². The zero-order valence-corrected chi connectivity index (χ0v) is 13.2. The van der Waals surface area contributed by atoms with Gasteiger partial charge in [-0.1, -0.05) is 12.1 Å². The summed E-state index contributed by atoms with van der Waals surface area (Å²) in [6.07, 6.45) is 4.42. The topological polar surface area (TPSA) is 112 Å². The Kier molecular flexibility index (Phi) is 3.53. The van der Waals surface area contributed by atoms with E-state index in [1.54, 1.807) is 26.5 Å². The number of para-hydroxylation sites is 1. The highest BCUT2D eigenvalue weighted by atomic mass is 16.2. The maximum Gasteiger partial charge on any atom is 0.266 e. The molecule has 2 N–H and O–H groups in total. The Labute approximate surface area is 142 Å². The first-order chi connectivity index (χ1) is 12.1. The lowest BCUT2D eigenvalue weighted by Gasteiger charge is -2.29. The molecule has 0 unspecified atom stereocenters. The number of nitrogens with zero attached hydrogens (tertiary/aromatic N) is 6. The van der Waals surface area contributed by atoms with Gasteiger partial charge in [-0.2, -0.15) is 5.10 Å². The molecule has 2 amide bonds. The number of carbonyl (C=O) groups is 2. The van der Waals surface area contributed by atoms with Crippen LogP contribution < -0.4 is 5.73 Å². The number of primary amides is 1. The summed E-state index contributed by atoms with van der Waals surface area (Å²) in [7, 11) is 0. The molecule has 9 heteroatoms. The molecule has 3 heterocycles. The van der Waals surface area contributed by atoms with Crippen molar-refractivity contribution in [1.29, 1.82) is 0 Å². The molecule has 0 saturated heterocycles. The van der Waals surface area contributed by atoms with Crippen LogP contribution in [0.5, 0.6) is 0 Å². The zero-order chi connectivity index (χ0) is 17.4. The molecule has 0 fully saturated rings. The summed E-state index contributed by atoms with van der Waals surface area (Å²) in [6.45, 7) is 1.26. The fourth-order valence-electron chi connectivity index (χ4n) is 2.99. The minimum absolute atomic E-state index is 0.124. The Morgan fingerprint density at radius 1 is 1.16 bits per heavy atom. The number of rotatable bonds is 3. The molecule has 0 aliphatic carbocycles. The monoisotopic (exact) mass is 337 g/mol. The van der Waals surface area contributed by atoms with Crippen molar-refractivity contribution in [1.82, 2.24) is 29.2 Å². The number of hydrogen-bond donors (Lipinski definition) is 1. The number of carbonyl (C=O) groups excluding carboxylic acids is 2. The van der Waals surface area contributed by atoms with E-state index in [2.05, 4.69) is 15.1 Å². The Balaban J connectivity index is 1.64. The van der Waals surface area contributed by atoms with E-state index in [4.69, 9.17) is 5.73 Å². The smallest absolute Gasteiger partial charge is 0.266 e. The molecule has 126 valence electrons. The molecule has 0 radical (unpaired) electrons. The Morgan fingerprint density at radius 3 is 2.76 bits per heavy atom. The first-order valence-electron chi connectivity index (χ1n) is 7.72. The summed E-state index contributed by atoms with van der Waals surface area (Å²) >= 11 is 0. The predicted octanol–water partition coefficient (Wildman–Crippen LogP) is 0.219. The first-order valence-corrected chi connectivity index (χ1v) is 7.72. The summed E-state index contributed by atoms with van der Waals surface area (Å²) in [5.74, 6) is 0.00247. The van der Waals surface area contributed by atoms with Crippen LogP contribution in [0.3, 0.4) is 0 Å². The summed E-state index contributed by atoms with van der Waals surface area (Å²) < 4.78 is 3.32. The molecule has 2 aromatic heterocycles. The van der Waals surface area contributed by atoms with E-state index in [-0.39, 0.29) is 5.91 Å². The first kappa shape index (κ1) is 15.1. The quantitative estimate of drug-likeness (QED) is 0.735. The fourth-order valence-corrected chi connectivity index (χ4v) is 2.99. The maximum absolute atomic E-state index is 13.0. The lowest BCUT2D eigenvalue weighted by atomic mass is 10.1. The summed E-state index contributed by atoms with van der Waals surface area (Å²) in [5, 5.41) is 4.10. The van der Waals surface area contributed by atoms with Crippen molar-refractivity contribution in [2.24, 2.45) is 5.73 Å². The van der Waals surface area contributed by atoms with Crippen molar-refractivity contribution in [3.63, 3.8) is 0 Å². The van der Waals surface area contributed by atoms with Crippen LogP contribution in [-0.4, -0.2) is 47.6 Å². The van der Waals surface area contributed by atoms with Crippen molar-refractivity contribution in [2.45, 2.75) is 13.1 Å². The van der Waals surface area contributed by atoms with Crippen molar-refractivity contribution in [2.75, 3.05) is 6.54 Å². The van der Waals surface area contributed by atoms with Gasteiger partial charge in [-0.15, -0.1) is 0 Å². The van der Waals surface area contributed by atoms with Crippen LogP contribution in [0.2, 0.25) is 0 Å². The lowest BCUT2D eigenvalue weighted by molar-refractivity contribution is 0.0706. The number of fused-ring (bicyclic) bond motifs is 1. The number of amides is 2. The number of imidazole rings is 1. The molecule has 0 spiro atoms. The third-order valence-electron chi connectivity index (χ3n) is 4.20. The average Bonchev–Trinajstić information content (AvgIpc) is 3.30. The van der Waals surface area contributed by atoms with Gasteiger partial charge >= 0.3 is 0 Å². The Morgan fingerprint density at radius 2 is 2.00 bits per heavy atom. The average molecular weight is 337 g/mol. The Hall–Kier alpha value is -3.49. The molecule has 0 atom stereocenters. The van der Waals surface area contributed by atoms with Gasteiger partial charge in [-0.25, -0.2) is 14.6 Å². The van der Waals surface area contributed by atoms with Gasteiger partial charge in [0.15, 0.2) is 0 Å². The van der Waals surface area contributed by atoms with Gasteiger partial charge in [0.25, 0.3) is 11.8 Å². The van der Waals surface area contributed by atoms with Gasteiger partial charge in [0.1, 0.15) is 24.2 Å². The van der Waals surface area contributed by atoms with E-state index in [1.165, 1.54) is 12.5 Å². The van der Waals surface area contributed by atoms with E-state index < -0.39 is 5.91 Å². The lowest BCUT2D eigenvalue weighted by Crippen LogP contribution is -2.39. The zero-order valence-electron chi connectivity index (χ0n) is 13.2. The third-order valence-corrected chi connectivity index (χ3v) is 4.20. The third kappa shape index (κ3) is 2.55. The highest BCUT2D eigenvalue weighted by Crippen LogP contribution is 2.20. The van der Waals surface area contributed by atoms with Crippen LogP contribution in [-0.2, 0) is 13.1 Å². The summed E-state index contributed by atoms with van der Waals surface area (Å²) in [6, 6.07) is 7.23. The minimum Gasteiger partial charge on any atom is -0.364 e. The molecular weight excluding hydrogens is 322 g/mol. The summed E-state index contributed by atoms with van der Waals surface area (Å²) in [4.78, 5) is 34.3. The van der Waals surface area contributed by atoms with Crippen molar-refractivity contribution in [3.8, 4) is 5.69 Å². The molecule has 1 aromatic carbocycles. The summed E-state index contributed by atoms with van der Waals surface area (Å²) in [5.41, 5.74) is 6.91. The van der Waals surface area contributed by atoms with E-state index in [0.717, 1.165) is 0 Å². The fraction of sp³-hybridized carbons (Fsp3) is 0.188. The second kappa shape index (κ2) is 5.86. The molecule has 1 aliphatic heterocycles. The molecule has 0 saturated carbocycles. The number of nitrogens with two attached hydrogens (primary N) is 1. The van der Waals surface area contributed by atoms with E-state index in [0.29, 0.717) is 42.4 Å². The van der Waals surface area contributed by atoms with Crippen LogP contribution in [0.15, 0.2) is 43.1 Å². The van der Waals surface area contributed by atoms with Crippen molar-refractivity contribution >= 4 is 11.8 Å². The van der Waals surface area contributed by atoms with E-state index in [9.17, 15) is 9.59 Å². The second-order valence-electron chi connectivity index (χ2n) is 5.66.